The second-order valence-electron chi connectivity index (χ2n) is 6.47. The maximum atomic E-state index is 12.3. The fourth-order valence-corrected chi connectivity index (χ4v) is 3.23. The number of aromatic nitrogens is 2. The van der Waals surface area contributed by atoms with Gasteiger partial charge in [0.15, 0.2) is 0 Å². The zero-order valence-electron chi connectivity index (χ0n) is 16.3. The van der Waals surface area contributed by atoms with Gasteiger partial charge in [0, 0.05) is 27.2 Å². The molecule has 2 amide bonds. The Morgan fingerprint density at radius 2 is 1.79 bits per heavy atom. The molecule has 0 aliphatic carbocycles. The van der Waals surface area contributed by atoms with Crippen molar-refractivity contribution in [3.05, 3.63) is 22.6 Å². The third-order valence-corrected chi connectivity index (χ3v) is 4.69. The predicted molar refractivity (Wildman–Crippen MR) is 105 cm³/mol. The maximum Gasteiger partial charge on any atom is 0.328 e. The lowest BCUT2D eigenvalue weighted by Gasteiger charge is -2.30. The lowest BCUT2D eigenvalue weighted by molar-refractivity contribution is -0.141. The molecule has 0 radical (unpaired) electrons. The summed E-state index contributed by atoms with van der Waals surface area (Å²) in [5.74, 6) is -0.507. The average molecular weight is 391 g/mol. The molecular weight excluding hydrogens is 366 g/mol. The minimum Gasteiger partial charge on any atom is -0.465 e. The van der Waals surface area contributed by atoms with Gasteiger partial charge in [0.1, 0.15) is 6.54 Å². The molecule has 10 heteroatoms. The van der Waals surface area contributed by atoms with Crippen LogP contribution in [0.4, 0.5) is 16.2 Å². The average Bonchev–Trinajstić information content (AvgIpc) is 2.90. The van der Waals surface area contributed by atoms with E-state index >= 15 is 0 Å². The summed E-state index contributed by atoms with van der Waals surface area (Å²) in [4.78, 5) is 38.1. The highest BCUT2D eigenvalue weighted by molar-refractivity contribution is 5.98. The first-order valence-corrected chi connectivity index (χ1v) is 9.15. The molecule has 28 heavy (non-hydrogen) atoms. The summed E-state index contributed by atoms with van der Waals surface area (Å²) in [6.45, 7) is 4.24. The molecular formula is C18H25N5O5. The number of benzene rings is 1. The van der Waals surface area contributed by atoms with Gasteiger partial charge >= 0.3 is 17.7 Å². The van der Waals surface area contributed by atoms with Gasteiger partial charge in [0.25, 0.3) is 0 Å². The minimum atomic E-state index is -0.525. The number of ether oxygens (including phenoxy) is 2. The van der Waals surface area contributed by atoms with Gasteiger partial charge in [-0.05, 0) is 19.1 Å². The molecule has 0 atom stereocenters. The van der Waals surface area contributed by atoms with Crippen molar-refractivity contribution in [1.29, 1.82) is 0 Å². The summed E-state index contributed by atoms with van der Waals surface area (Å²) >= 11 is 0. The Bertz CT molecular complexity index is 942. The quantitative estimate of drug-likeness (QED) is 0.715. The highest BCUT2D eigenvalue weighted by atomic mass is 16.5. The monoisotopic (exact) mass is 391 g/mol. The van der Waals surface area contributed by atoms with E-state index in [1.165, 1.54) is 4.57 Å². The molecule has 152 valence electrons. The number of amides is 2. The number of aryl methyl sites for hydroxylation is 2. The zero-order valence-corrected chi connectivity index (χ0v) is 16.3. The smallest absolute Gasteiger partial charge is 0.328 e. The normalized spacial score (nSPS) is 14.2. The van der Waals surface area contributed by atoms with Crippen LogP contribution in [-0.4, -0.2) is 60.6 Å². The Morgan fingerprint density at radius 3 is 2.43 bits per heavy atom. The number of hydrogen-bond acceptors (Lipinski definition) is 6. The number of anilines is 2. The van der Waals surface area contributed by atoms with Gasteiger partial charge in [-0.3, -0.25) is 13.9 Å². The highest BCUT2D eigenvalue weighted by Gasteiger charge is 2.20. The zero-order chi connectivity index (χ0) is 20.3. The van der Waals surface area contributed by atoms with Crippen molar-refractivity contribution in [2.45, 2.75) is 6.92 Å². The molecule has 1 saturated heterocycles. The van der Waals surface area contributed by atoms with E-state index in [4.69, 9.17) is 9.47 Å². The van der Waals surface area contributed by atoms with E-state index in [-0.39, 0.29) is 18.8 Å². The molecule has 0 saturated carbocycles. The van der Waals surface area contributed by atoms with Crippen molar-refractivity contribution >= 4 is 34.4 Å². The van der Waals surface area contributed by atoms with E-state index in [1.54, 1.807) is 31.7 Å². The first kappa shape index (κ1) is 19.7. The standard InChI is InChI=1S/C18H25N5O5/c1-4-28-16(24)11-19-17(25)20-12-9-14-15(22(3)18(26)21(14)2)10-13(12)23-5-7-27-8-6-23/h9-10H,4-8,11H2,1-3H3,(H2,19,20,25). The van der Waals surface area contributed by atoms with Gasteiger partial charge in [-0.2, -0.15) is 0 Å². The van der Waals surface area contributed by atoms with E-state index < -0.39 is 12.0 Å². The third-order valence-electron chi connectivity index (χ3n) is 4.69. The molecule has 0 spiro atoms. The number of rotatable bonds is 5. The highest BCUT2D eigenvalue weighted by Crippen LogP contribution is 2.31. The number of carbonyl (C=O) groups is 2. The molecule has 2 aromatic rings. The molecule has 1 aromatic carbocycles. The van der Waals surface area contributed by atoms with Crippen LogP contribution < -0.4 is 21.2 Å². The van der Waals surface area contributed by atoms with E-state index in [1.807, 2.05) is 6.07 Å². The number of nitrogens with zero attached hydrogens (tertiary/aromatic N) is 3. The van der Waals surface area contributed by atoms with Crippen LogP contribution in [0.2, 0.25) is 0 Å². The fourth-order valence-electron chi connectivity index (χ4n) is 3.23. The van der Waals surface area contributed by atoms with Crippen LogP contribution in [0.5, 0.6) is 0 Å². The van der Waals surface area contributed by atoms with Gasteiger partial charge in [0.05, 0.1) is 42.2 Å². The third kappa shape index (κ3) is 3.96. The first-order valence-electron chi connectivity index (χ1n) is 9.15. The second-order valence-corrected chi connectivity index (χ2v) is 6.47. The molecule has 0 bridgehead atoms. The summed E-state index contributed by atoms with van der Waals surface area (Å²) in [6, 6.07) is 3.14. The first-order chi connectivity index (χ1) is 13.4. The van der Waals surface area contributed by atoms with Gasteiger partial charge in [0.2, 0.25) is 0 Å². The van der Waals surface area contributed by atoms with Gasteiger partial charge in [-0.15, -0.1) is 0 Å². The van der Waals surface area contributed by atoms with E-state index in [2.05, 4.69) is 15.5 Å². The van der Waals surface area contributed by atoms with Crippen molar-refractivity contribution in [3.63, 3.8) is 0 Å². The molecule has 2 heterocycles. The van der Waals surface area contributed by atoms with Crippen LogP contribution in [0.15, 0.2) is 16.9 Å². The van der Waals surface area contributed by atoms with E-state index in [9.17, 15) is 14.4 Å². The molecule has 1 aliphatic heterocycles. The van der Waals surface area contributed by atoms with Crippen molar-refractivity contribution in [1.82, 2.24) is 14.5 Å². The van der Waals surface area contributed by atoms with Crippen LogP contribution in [0.3, 0.4) is 0 Å². The topological polar surface area (TPSA) is 107 Å². The van der Waals surface area contributed by atoms with Crippen LogP contribution in [0.1, 0.15) is 6.92 Å². The summed E-state index contributed by atoms with van der Waals surface area (Å²) in [5, 5.41) is 5.27. The molecule has 1 aliphatic rings. The van der Waals surface area contributed by atoms with Gasteiger partial charge < -0.3 is 25.0 Å². The van der Waals surface area contributed by atoms with Crippen LogP contribution in [0, 0.1) is 0 Å². The predicted octanol–water partition coefficient (Wildman–Crippen LogP) is 0.398. The summed E-state index contributed by atoms with van der Waals surface area (Å²) in [6.07, 6.45) is 0. The van der Waals surface area contributed by atoms with Crippen LogP contribution in [0.25, 0.3) is 11.0 Å². The maximum absolute atomic E-state index is 12.3. The van der Waals surface area contributed by atoms with Crippen molar-refractivity contribution in [3.8, 4) is 0 Å². The van der Waals surface area contributed by atoms with Crippen molar-refractivity contribution in [2.24, 2.45) is 14.1 Å². The van der Waals surface area contributed by atoms with Crippen LogP contribution >= 0.6 is 0 Å². The summed E-state index contributed by atoms with van der Waals surface area (Å²) in [7, 11) is 3.40. The Labute approximate surface area is 162 Å². The fraction of sp³-hybridized carbons (Fsp3) is 0.500. The van der Waals surface area contributed by atoms with Gasteiger partial charge in [-0.25, -0.2) is 9.59 Å². The number of carbonyl (C=O) groups excluding carboxylic acids is 2. The number of morpholine rings is 1. The number of esters is 1. The van der Waals surface area contributed by atoms with Gasteiger partial charge in [-0.1, -0.05) is 0 Å². The van der Waals surface area contributed by atoms with Crippen molar-refractivity contribution in [2.75, 3.05) is 49.7 Å². The molecule has 0 unspecified atom stereocenters. The Morgan fingerprint density at radius 1 is 1.14 bits per heavy atom. The minimum absolute atomic E-state index is 0.146. The summed E-state index contributed by atoms with van der Waals surface area (Å²) in [5.41, 5.74) is 2.67. The number of urea groups is 1. The Hall–Kier alpha value is -3.01. The lowest BCUT2D eigenvalue weighted by atomic mass is 10.2. The Kier molecular flexibility index (Phi) is 5.88. The molecule has 1 aromatic heterocycles. The number of fused-ring (bicyclic) bond motifs is 1. The van der Waals surface area contributed by atoms with Crippen LogP contribution in [-0.2, 0) is 28.4 Å². The van der Waals surface area contributed by atoms with Crippen molar-refractivity contribution < 1.29 is 19.1 Å². The largest absolute Gasteiger partial charge is 0.465 e. The summed E-state index contributed by atoms with van der Waals surface area (Å²) < 4.78 is 13.3. The lowest BCUT2D eigenvalue weighted by Crippen LogP contribution is -2.38. The Balaban J connectivity index is 1.92. The molecule has 3 rings (SSSR count). The van der Waals surface area contributed by atoms with E-state index in [0.29, 0.717) is 37.5 Å². The second kappa shape index (κ2) is 8.34. The van der Waals surface area contributed by atoms with E-state index in [0.717, 1.165) is 11.2 Å². The molecule has 10 nitrogen and oxygen atoms in total. The number of hydrogen-bond donors (Lipinski definition) is 2. The number of nitrogens with one attached hydrogen (secondary N) is 2. The number of imidazole rings is 1. The SMILES string of the molecule is CCOC(=O)CNC(=O)Nc1cc2c(cc1N1CCOCC1)n(C)c(=O)n2C. The molecule has 1 fully saturated rings. The molecule has 2 N–H and O–H groups in total.